The second kappa shape index (κ2) is 6.32. The first-order chi connectivity index (χ1) is 10.7. The van der Waals surface area contributed by atoms with Crippen molar-refractivity contribution in [3.63, 3.8) is 0 Å². The Morgan fingerprint density at radius 1 is 1.36 bits per heavy atom. The fourth-order valence-electron chi connectivity index (χ4n) is 2.60. The van der Waals surface area contributed by atoms with Gasteiger partial charge in [0, 0.05) is 13.3 Å². The molecule has 114 valence electrons. The van der Waals surface area contributed by atoms with Crippen LogP contribution in [0.3, 0.4) is 0 Å². The minimum atomic E-state index is -0.0368. The van der Waals surface area contributed by atoms with Gasteiger partial charge in [-0.2, -0.15) is 5.10 Å². The van der Waals surface area contributed by atoms with E-state index in [0.717, 1.165) is 28.3 Å². The van der Waals surface area contributed by atoms with Gasteiger partial charge in [0.2, 0.25) is 5.91 Å². The molecule has 1 aromatic heterocycles. The maximum atomic E-state index is 11.9. The van der Waals surface area contributed by atoms with Gasteiger partial charge in [0.15, 0.2) is 0 Å². The third-order valence-electron chi connectivity index (χ3n) is 3.61. The highest BCUT2D eigenvalue weighted by Crippen LogP contribution is 2.34. The molecule has 1 atom stereocenters. The van der Waals surface area contributed by atoms with Crippen molar-refractivity contribution < 1.29 is 9.53 Å². The normalized spacial score (nSPS) is 17.5. The summed E-state index contributed by atoms with van der Waals surface area (Å²) in [6, 6.07) is 11.9. The molecule has 4 nitrogen and oxygen atoms in total. The molecule has 0 unspecified atom stereocenters. The topological polar surface area (TPSA) is 41.9 Å². The van der Waals surface area contributed by atoms with E-state index in [9.17, 15) is 4.79 Å². The van der Waals surface area contributed by atoms with Gasteiger partial charge >= 0.3 is 0 Å². The minimum Gasteiger partial charge on any atom is -0.494 e. The third kappa shape index (κ3) is 2.90. The third-order valence-corrected chi connectivity index (χ3v) is 4.53. The molecule has 2 heterocycles. The SMILES string of the molecule is CCOc1ccc([C@H]2CC(c3cccs3)=NN2C(C)=O)cc1. The Labute approximate surface area is 134 Å². The molecule has 0 bridgehead atoms. The quantitative estimate of drug-likeness (QED) is 0.860. The van der Waals surface area contributed by atoms with Crippen LogP contribution in [0.2, 0.25) is 0 Å². The number of rotatable bonds is 4. The first-order valence-corrected chi connectivity index (χ1v) is 8.21. The zero-order valence-electron chi connectivity index (χ0n) is 12.7. The van der Waals surface area contributed by atoms with Crippen LogP contribution < -0.4 is 4.74 Å². The van der Waals surface area contributed by atoms with Gasteiger partial charge in [0.25, 0.3) is 0 Å². The number of hydrogen-bond donors (Lipinski definition) is 0. The summed E-state index contributed by atoms with van der Waals surface area (Å²) in [6.07, 6.45) is 0.744. The first kappa shape index (κ1) is 14.8. The average Bonchev–Trinajstić information content (AvgIpc) is 3.17. The van der Waals surface area contributed by atoms with Gasteiger partial charge in [-0.25, -0.2) is 5.01 Å². The fourth-order valence-corrected chi connectivity index (χ4v) is 3.33. The van der Waals surface area contributed by atoms with Crippen molar-refractivity contribution in [1.82, 2.24) is 5.01 Å². The molecular formula is C17H18N2O2S. The van der Waals surface area contributed by atoms with Crippen LogP contribution in [-0.4, -0.2) is 23.2 Å². The predicted molar refractivity (Wildman–Crippen MR) is 88.3 cm³/mol. The van der Waals surface area contributed by atoms with Gasteiger partial charge < -0.3 is 4.74 Å². The maximum absolute atomic E-state index is 11.9. The van der Waals surface area contributed by atoms with Crippen LogP contribution in [-0.2, 0) is 4.79 Å². The maximum Gasteiger partial charge on any atom is 0.240 e. The van der Waals surface area contributed by atoms with Gasteiger partial charge in [-0.3, -0.25) is 4.79 Å². The highest BCUT2D eigenvalue weighted by atomic mass is 32.1. The highest BCUT2D eigenvalue weighted by molar-refractivity contribution is 7.12. The Hall–Kier alpha value is -2.14. The molecule has 0 fully saturated rings. The summed E-state index contributed by atoms with van der Waals surface area (Å²) in [5, 5.41) is 8.14. The molecule has 0 N–H and O–H groups in total. The molecule has 5 heteroatoms. The highest BCUT2D eigenvalue weighted by Gasteiger charge is 2.31. The Kier molecular flexibility index (Phi) is 4.24. The van der Waals surface area contributed by atoms with E-state index in [1.54, 1.807) is 23.3 Å². The van der Waals surface area contributed by atoms with Crippen LogP contribution in [0.5, 0.6) is 5.75 Å². The zero-order valence-corrected chi connectivity index (χ0v) is 13.5. The van der Waals surface area contributed by atoms with E-state index in [1.165, 1.54) is 0 Å². The standard InChI is InChI=1S/C17H18N2O2S/c1-3-21-14-8-6-13(7-9-14)16-11-15(17-5-4-10-22-17)18-19(16)12(2)20/h4-10,16H,3,11H2,1-2H3/t16-/m1/s1. The van der Waals surface area contributed by atoms with Gasteiger partial charge in [0.1, 0.15) is 5.75 Å². The van der Waals surface area contributed by atoms with Crippen LogP contribution >= 0.6 is 11.3 Å². The van der Waals surface area contributed by atoms with Gasteiger partial charge in [-0.05, 0) is 36.1 Å². The Balaban J connectivity index is 1.85. The van der Waals surface area contributed by atoms with E-state index in [1.807, 2.05) is 48.7 Å². The van der Waals surface area contributed by atoms with Crippen molar-refractivity contribution in [3.8, 4) is 5.75 Å². The summed E-state index contributed by atoms with van der Waals surface area (Å²) in [6.45, 7) is 4.17. The number of hydrazone groups is 1. The van der Waals surface area contributed by atoms with Crippen molar-refractivity contribution in [2.75, 3.05) is 6.61 Å². The molecule has 0 aliphatic carbocycles. The smallest absolute Gasteiger partial charge is 0.240 e. The second-order valence-electron chi connectivity index (χ2n) is 5.11. The van der Waals surface area contributed by atoms with Crippen LogP contribution in [0.15, 0.2) is 46.9 Å². The molecule has 22 heavy (non-hydrogen) atoms. The Bertz CT molecular complexity index is 677. The summed E-state index contributed by atoms with van der Waals surface area (Å²) in [5.41, 5.74) is 2.05. The molecule has 1 aliphatic heterocycles. The summed E-state index contributed by atoms with van der Waals surface area (Å²) in [4.78, 5) is 13.0. The largest absolute Gasteiger partial charge is 0.494 e. The number of thiophene rings is 1. The number of carbonyl (C=O) groups is 1. The van der Waals surface area contributed by atoms with E-state index in [4.69, 9.17) is 4.74 Å². The monoisotopic (exact) mass is 314 g/mol. The fraction of sp³-hybridized carbons (Fsp3) is 0.294. The summed E-state index contributed by atoms with van der Waals surface area (Å²) >= 11 is 1.65. The lowest BCUT2D eigenvalue weighted by Crippen LogP contribution is -2.24. The lowest BCUT2D eigenvalue weighted by Gasteiger charge is -2.20. The van der Waals surface area contributed by atoms with Crippen molar-refractivity contribution in [3.05, 3.63) is 52.2 Å². The Morgan fingerprint density at radius 3 is 2.73 bits per heavy atom. The van der Waals surface area contributed by atoms with E-state index in [-0.39, 0.29) is 11.9 Å². The number of ether oxygens (including phenoxy) is 1. The molecule has 0 spiro atoms. The summed E-state index contributed by atoms with van der Waals surface area (Å²) < 4.78 is 5.47. The molecule has 1 aromatic carbocycles. The van der Waals surface area contributed by atoms with Crippen molar-refractivity contribution in [2.45, 2.75) is 26.3 Å². The van der Waals surface area contributed by atoms with E-state index in [0.29, 0.717) is 6.61 Å². The van der Waals surface area contributed by atoms with Crippen LogP contribution in [0.25, 0.3) is 0 Å². The molecule has 0 saturated carbocycles. The number of nitrogens with zero attached hydrogens (tertiary/aromatic N) is 2. The van der Waals surface area contributed by atoms with Crippen molar-refractivity contribution in [1.29, 1.82) is 0 Å². The van der Waals surface area contributed by atoms with Gasteiger partial charge in [0.05, 0.1) is 23.2 Å². The van der Waals surface area contributed by atoms with E-state index >= 15 is 0 Å². The molecule has 0 saturated heterocycles. The lowest BCUT2D eigenvalue weighted by atomic mass is 10.0. The second-order valence-corrected chi connectivity index (χ2v) is 6.06. The molecule has 1 aliphatic rings. The van der Waals surface area contributed by atoms with E-state index in [2.05, 4.69) is 5.10 Å². The van der Waals surface area contributed by atoms with Crippen molar-refractivity contribution >= 4 is 23.0 Å². The lowest BCUT2D eigenvalue weighted by molar-refractivity contribution is -0.130. The van der Waals surface area contributed by atoms with E-state index < -0.39 is 0 Å². The van der Waals surface area contributed by atoms with Crippen LogP contribution in [0.1, 0.15) is 36.8 Å². The van der Waals surface area contributed by atoms with Crippen LogP contribution in [0.4, 0.5) is 0 Å². The summed E-state index contributed by atoms with van der Waals surface area (Å²) in [7, 11) is 0. The molecule has 3 rings (SSSR count). The molecule has 2 aromatic rings. The zero-order chi connectivity index (χ0) is 15.5. The minimum absolute atomic E-state index is 0.0366. The van der Waals surface area contributed by atoms with Crippen LogP contribution in [0, 0.1) is 0 Å². The average molecular weight is 314 g/mol. The summed E-state index contributed by atoms with van der Waals surface area (Å²) in [5.74, 6) is 0.809. The number of amides is 1. The predicted octanol–water partition coefficient (Wildman–Crippen LogP) is 3.84. The van der Waals surface area contributed by atoms with Gasteiger partial charge in [-0.15, -0.1) is 11.3 Å². The molecule has 0 radical (unpaired) electrons. The molecular weight excluding hydrogens is 296 g/mol. The number of carbonyl (C=O) groups excluding carboxylic acids is 1. The van der Waals surface area contributed by atoms with Gasteiger partial charge in [-0.1, -0.05) is 18.2 Å². The number of hydrogen-bond acceptors (Lipinski definition) is 4. The molecule has 1 amide bonds. The number of benzene rings is 1. The first-order valence-electron chi connectivity index (χ1n) is 7.33. The Morgan fingerprint density at radius 2 is 2.14 bits per heavy atom. The van der Waals surface area contributed by atoms with Crippen molar-refractivity contribution in [2.24, 2.45) is 5.10 Å².